The van der Waals surface area contributed by atoms with Crippen molar-refractivity contribution in [3.63, 3.8) is 0 Å². The van der Waals surface area contributed by atoms with Crippen LogP contribution in [0.4, 0.5) is 5.69 Å². The Morgan fingerprint density at radius 2 is 1.77 bits per heavy atom. The molecule has 0 saturated carbocycles. The lowest BCUT2D eigenvalue weighted by atomic mass is 9.96. The number of nitrogens with one attached hydrogen (secondary N) is 1. The molecule has 22 heavy (non-hydrogen) atoms. The normalized spacial score (nSPS) is 15.3. The second-order valence-corrected chi connectivity index (χ2v) is 5.34. The first-order valence-corrected chi connectivity index (χ1v) is 7.33. The highest BCUT2D eigenvalue weighted by atomic mass is 16.5. The van der Waals surface area contributed by atoms with Crippen LogP contribution in [0.25, 0.3) is 0 Å². The summed E-state index contributed by atoms with van der Waals surface area (Å²) >= 11 is 0. The van der Waals surface area contributed by atoms with Gasteiger partial charge in [0.25, 0.3) is 0 Å². The summed E-state index contributed by atoms with van der Waals surface area (Å²) in [5.41, 5.74) is 0.677. The lowest BCUT2D eigenvalue weighted by Crippen LogP contribution is -2.40. The molecular weight excluding hydrogens is 284 g/mol. The molecule has 0 aliphatic carbocycles. The summed E-state index contributed by atoms with van der Waals surface area (Å²) in [7, 11) is 3.12. The van der Waals surface area contributed by atoms with Crippen LogP contribution in [-0.4, -0.2) is 44.0 Å². The Balaban J connectivity index is 1.96. The number of benzene rings is 1. The summed E-state index contributed by atoms with van der Waals surface area (Å²) in [6.07, 6.45) is 1.39. The van der Waals surface area contributed by atoms with E-state index in [1.54, 1.807) is 44.2 Å². The van der Waals surface area contributed by atoms with Gasteiger partial charge in [-0.3, -0.25) is 9.59 Å². The molecular formula is C16H22N2O4. The van der Waals surface area contributed by atoms with Crippen LogP contribution < -0.4 is 14.8 Å². The Hall–Kier alpha value is -2.24. The van der Waals surface area contributed by atoms with E-state index in [0.29, 0.717) is 43.1 Å². The first-order chi connectivity index (χ1) is 10.5. The molecule has 6 nitrogen and oxygen atoms in total. The SMILES string of the molecule is COc1ccc(NC(=O)C2CCN(C(C)=O)CC2)cc1OC. The van der Waals surface area contributed by atoms with Crippen LogP contribution in [0, 0.1) is 5.92 Å². The molecule has 1 N–H and O–H groups in total. The molecule has 0 spiro atoms. The van der Waals surface area contributed by atoms with Crippen molar-refractivity contribution in [1.29, 1.82) is 0 Å². The van der Waals surface area contributed by atoms with Gasteiger partial charge in [0, 0.05) is 37.7 Å². The summed E-state index contributed by atoms with van der Waals surface area (Å²) in [4.78, 5) is 25.4. The highest BCUT2D eigenvalue weighted by Crippen LogP contribution is 2.30. The minimum Gasteiger partial charge on any atom is -0.493 e. The Morgan fingerprint density at radius 1 is 1.14 bits per heavy atom. The molecule has 1 fully saturated rings. The fourth-order valence-corrected chi connectivity index (χ4v) is 2.61. The van der Waals surface area contributed by atoms with Gasteiger partial charge in [0.1, 0.15) is 0 Å². The summed E-state index contributed by atoms with van der Waals surface area (Å²) in [6, 6.07) is 5.28. The standard InChI is InChI=1S/C16H22N2O4/c1-11(19)18-8-6-12(7-9-18)16(20)17-13-4-5-14(21-2)15(10-13)22-3/h4-5,10,12H,6-9H2,1-3H3,(H,17,20). The van der Waals surface area contributed by atoms with Crippen molar-refractivity contribution in [3.8, 4) is 11.5 Å². The van der Waals surface area contributed by atoms with E-state index in [4.69, 9.17) is 9.47 Å². The molecule has 0 atom stereocenters. The van der Waals surface area contributed by atoms with Gasteiger partial charge in [0.05, 0.1) is 14.2 Å². The second kappa shape index (κ2) is 7.15. The predicted molar refractivity (Wildman–Crippen MR) is 83.2 cm³/mol. The van der Waals surface area contributed by atoms with Crippen molar-refractivity contribution < 1.29 is 19.1 Å². The maximum atomic E-state index is 12.3. The van der Waals surface area contributed by atoms with Gasteiger partial charge >= 0.3 is 0 Å². The van der Waals surface area contributed by atoms with Crippen LogP contribution in [0.1, 0.15) is 19.8 Å². The average Bonchev–Trinajstić information content (AvgIpc) is 2.54. The average molecular weight is 306 g/mol. The van der Waals surface area contributed by atoms with Gasteiger partial charge in [0.2, 0.25) is 11.8 Å². The number of rotatable bonds is 4. The Labute approximate surface area is 130 Å². The van der Waals surface area contributed by atoms with Crippen LogP contribution >= 0.6 is 0 Å². The minimum atomic E-state index is -0.0660. The highest BCUT2D eigenvalue weighted by Gasteiger charge is 2.26. The van der Waals surface area contributed by atoms with E-state index < -0.39 is 0 Å². The van der Waals surface area contributed by atoms with E-state index in [-0.39, 0.29) is 17.7 Å². The van der Waals surface area contributed by atoms with Gasteiger partial charge in [0.15, 0.2) is 11.5 Å². The number of piperidine rings is 1. The Kier molecular flexibility index (Phi) is 5.25. The lowest BCUT2D eigenvalue weighted by molar-refractivity contribution is -0.132. The molecule has 1 saturated heterocycles. The van der Waals surface area contributed by atoms with Crippen LogP contribution in [-0.2, 0) is 9.59 Å². The third kappa shape index (κ3) is 3.69. The Morgan fingerprint density at radius 3 is 2.32 bits per heavy atom. The zero-order chi connectivity index (χ0) is 16.1. The summed E-state index contributed by atoms with van der Waals surface area (Å²) in [5.74, 6) is 1.18. The number of ether oxygens (including phenoxy) is 2. The maximum Gasteiger partial charge on any atom is 0.227 e. The molecule has 0 aromatic heterocycles. The van der Waals surface area contributed by atoms with Crippen molar-refractivity contribution in [2.24, 2.45) is 5.92 Å². The Bertz CT molecular complexity index is 551. The minimum absolute atomic E-state index is 0.0181. The molecule has 0 radical (unpaired) electrons. The predicted octanol–water partition coefficient (Wildman–Crippen LogP) is 1.90. The summed E-state index contributed by atoms with van der Waals surface area (Å²) in [6.45, 7) is 2.84. The smallest absolute Gasteiger partial charge is 0.227 e. The van der Waals surface area contributed by atoms with Gasteiger partial charge in [-0.05, 0) is 25.0 Å². The number of amides is 2. The third-order valence-electron chi connectivity index (χ3n) is 3.96. The number of anilines is 1. The summed E-state index contributed by atoms with van der Waals surface area (Å²) < 4.78 is 10.4. The first kappa shape index (κ1) is 16.1. The van der Waals surface area contributed by atoms with Crippen molar-refractivity contribution in [2.75, 3.05) is 32.6 Å². The fraction of sp³-hybridized carbons (Fsp3) is 0.500. The molecule has 2 amide bonds. The van der Waals surface area contributed by atoms with Crippen molar-refractivity contribution in [3.05, 3.63) is 18.2 Å². The molecule has 0 bridgehead atoms. The quantitative estimate of drug-likeness (QED) is 0.922. The maximum absolute atomic E-state index is 12.3. The van der Waals surface area contributed by atoms with E-state index in [9.17, 15) is 9.59 Å². The van der Waals surface area contributed by atoms with E-state index >= 15 is 0 Å². The number of carbonyl (C=O) groups excluding carboxylic acids is 2. The zero-order valence-corrected chi connectivity index (χ0v) is 13.2. The van der Waals surface area contributed by atoms with Crippen molar-refractivity contribution >= 4 is 17.5 Å². The highest BCUT2D eigenvalue weighted by molar-refractivity contribution is 5.93. The first-order valence-electron chi connectivity index (χ1n) is 7.33. The molecule has 1 aromatic rings. The third-order valence-corrected chi connectivity index (χ3v) is 3.96. The molecule has 0 unspecified atom stereocenters. The van der Waals surface area contributed by atoms with Crippen LogP contribution in [0.3, 0.4) is 0 Å². The van der Waals surface area contributed by atoms with E-state index in [1.807, 2.05) is 0 Å². The van der Waals surface area contributed by atoms with E-state index in [2.05, 4.69) is 5.32 Å². The van der Waals surface area contributed by atoms with Crippen LogP contribution in [0.5, 0.6) is 11.5 Å². The second-order valence-electron chi connectivity index (χ2n) is 5.34. The van der Waals surface area contributed by atoms with Gasteiger partial charge in [-0.15, -0.1) is 0 Å². The largest absolute Gasteiger partial charge is 0.493 e. The topological polar surface area (TPSA) is 67.9 Å². The molecule has 6 heteroatoms. The van der Waals surface area contributed by atoms with Crippen LogP contribution in [0.15, 0.2) is 18.2 Å². The number of nitrogens with zero attached hydrogens (tertiary/aromatic N) is 1. The van der Waals surface area contributed by atoms with Crippen LogP contribution in [0.2, 0.25) is 0 Å². The molecule has 1 aliphatic rings. The zero-order valence-electron chi connectivity index (χ0n) is 13.2. The van der Waals surface area contributed by atoms with Gasteiger partial charge in [-0.1, -0.05) is 0 Å². The monoisotopic (exact) mass is 306 g/mol. The van der Waals surface area contributed by atoms with E-state index in [1.165, 1.54) is 0 Å². The number of methoxy groups -OCH3 is 2. The summed E-state index contributed by atoms with van der Waals surface area (Å²) in [5, 5.41) is 2.90. The molecule has 1 heterocycles. The number of hydrogen-bond acceptors (Lipinski definition) is 4. The van der Waals surface area contributed by atoms with Gasteiger partial charge in [-0.25, -0.2) is 0 Å². The van der Waals surface area contributed by atoms with Crippen molar-refractivity contribution in [1.82, 2.24) is 4.90 Å². The van der Waals surface area contributed by atoms with Gasteiger partial charge < -0.3 is 19.7 Å². The van der Waals surface area contributed by atoms with E-state index in [0.717, 1.165) is 0 Å². The number of likely N-dealkylation sites (tertiary alicyclic amines) is 1. The van der Waals surface area contributed by atoms with Gasteiger partial charge in [-0.2, -0.15) is 0 Å². The molecule has 1 aliphatic heterocycles. The number of carbonyl (C=O) groups is 2. The molecule has 120 valence electrons. The van der Waals surface area contributed by atoms with Crippen molar-refractivity contribution in [2.45, 2.75) is 19.8 Å². The molecule has 2 rings (SSSR count). The fourth-order valence-electron chi connectivity index (χ4n) is 2.61. The lowest BCUT2D eigenvalue weighted by Gasteiger charge is -2.30. The molecule has 1 aromatic carbocycles. The number of hydrogen-bond donors (Lipinski definition) is 1.